The van der Waals surface area contributed by atoms with Gasteiger partial charge in [0.1, 0.15) is 5.69 Å². The van der Waals surface area contributed by atoms with Crippen molar-refractivity contribution in [1.82, 2.24) is 4.98 Å². The van der Waals surface area contributed by atoms with Gasteiger partial charge in [-0.3, -0.25) is 0 Å². The normalized spacial score (nSPS) is 21.6. The Morgan fingerprint density at radius 3 is 2.63 bits per heavy atom. The molecule has 0 bridgehead atoms. The van der Waals surface area contributed by atoms with Crippen LogP contribution in [0.3, 0.4) is 0 Å². The highest BCUT2D eigenvalue weighted by atomic mass is 16.4. The Bertz CT molecular complexity index is 465. The summed E-state index contributed by atoms with van der Waals surface area (Å²) < 4.78 is 5.85. The number of allylic oxidation sites excluding steroid dienone is 2. The standard InChI is InChI=1S/C16H24N2O/c1-6-11-18(5)15-17-13-7-9-16(4,12(2)3)10-8-14(13)19-15/h7-10,12H,6,11H2,1-5H3. The fraction of sp³-hybridized carbons (Fsp3) is 0.562. The van der Waals surface area contributed by atoms with Gasteiger partial charge in [0.05, 0.1) is 0 Å². The van der Waals surface area contributed by atoms with Gasteiger partial charge >= 0.3 is 0 Å². The van der Waals surface area contributed by atoms with Crippen molar-refractivity contribution in [3.05, 3.63) is 23.6 Å². The second kappa shape index (κ2) is 5.24. The first kappa shape index (κ1) is 13.9. The predicted octanol–water partition coefficient (Wildman–Crippen LogP) is 4.22. The number of oxazole rings is 1. The van der Waals surface area contributed by atoms with Gasteiger partial charge in [0, 0.05) is 19.0 Å². The first-order valence-electron chi connectivity index (χ1n) is 7.06. The lowest BCUT2D eigenvalue weighted by atomic mass is 9.79. The van der Waals surface area contributed by atoms with E-state index in [1.54, 1.807) is 0 Å². The summed E-state index contributed by atoms with van der Waals surface area (Å²) in [7, 11) is 2.01. The molecule has 3 heteroatoms. The zero-order valence-electron chi connectivity index (χ0n) is 12.6. The van der Waals surface area contributed by atoms with Gasteiger partial charge in [0.15, 0.2) is 5.76 Å². The Morgan fingerprint density at radius 2 is 2.00 bits per heavy atom. The highest BCUT2D eigenvalue weighted by molar-refractivity contribution is 5.64. The van der Waals surface area contributed by atoms with Crippen molar-refractivity contribution in [2.45, 2.75) is 34.1 Å². The zero-order valence-corrected chi connectivity index (χ0v) is 12.6. The molecule has 104 valence electrons. The van der Waals surface area contributed by atoms with E-state index in [1.807, 2.05) is 7.05 Å². The van der Waals surface area contributed by atoms with Gasteiger partial charge in [-0.25, -0.2) is 0 Å². The fourth-order valence-corrected chi connectivity index (χ4v) is 2.12. The van der Waals surface area contributed by atoms with Crippen molar-refractivity contribution in [3.8, 4) is 0 Å². The lowest BCUT2D eigenvalue weighted by Crippen LogP contribution is -2.18. The summed E-state index contributed by atoms with van der Waals surface area (Å²) in [5, 5.41) is 0. The fourth-order valence-electron chi connectivity index (χ4n) is 2.12. The Morgan fingerprint density at radius 1 is 1.32 bits per heavy atom. The van der Waals surface area contributed by atoms with Crippen LogP contribution in [0.2, 0.25) is 0 Å². The molecule has 0 aromatic carbocycles. The van der Waals surface area contributed by atoms with Crippen molar-refractivity contribution in [1.29, 1.82) is 0 Å². The molecule has 0 aliphatic heterocycles. The van der Waals surface area contributed by atoms with E-state index in [9.17, 15) is 0 Å². The molecule has 1 aliphatic rings. The molecule has 0 fully saturated rings. The van der Waals surface area contributed by atoms with Crippen LogP contribution in [0.1, 0.15) is 45.6 Å². The molecule has 1 aromatic heterocycles. The van der Waals surface area contributed by atoms with Crippen LogP contribution in [-0.2, 0) is 0 Å². The van der Waals surface area contributed by atoms with Gasteiger partial charge < -0.3 is 9.32 Å². The SMILES string of the molecule is CCCN(C)c1nc2c(o1)C=CC(C)(C(C)C)C=C2. The van der Waals surface area contributed by atoms with E-state index in [1.165, 1.54) is 0 Å². The smallest absolute Gasteiger partial charge is 0.298 e. The van der Waals surface area contributed by atoms with Crippen LogP contribution in [0.4, 0.5) is 6.01 Å². The number of nitrogens with zero attached hydrogens (tertiary/aromatic N) is 2. The summed E-state index contributed by atoms with van der Waals surface area (Å²) in [6.07, 6.45) is 9.68. The van der Waals surface area contributed by atoms with E-state index in [-0.39, 0.29) is 5.41 Å². The first-order valence-corrected chi connectivity index (χ1v) is 7.06. The average Bonchev–Trinajstić information content (AvgIpc) is 2.71. The van der Waals surface area contributed by atoms with E-state index < -0.39 is 0 Å². The third-order valence-corrected chi connectivity index (χ3v) is 3.99. The molecule has 0 amide bonds. The summed E-state index contributed by atoms with van der Waals surface area (Å²) >= 11 is 0. The molecule has 0 saturated heterocycles. The van der Waals surface area contributed by atoms with Crippen LogP contribution in [0.25, 0.3) is 12.2 Å². The van der Waals surface area contributed by atoms with Crippen molar-refractivity contribution < 1.29 is 4.42 Å². The Labute approximate surface area is 116 Å². The molecule has 1 aromatic rings. The summed E-state index contributed by atoms with van der Waals surface area (Å²) in [6, 6.07) is 0.703. The van der Waals surface area contributed by atoms with Gasteiger partial charge in [-0.05, 0) is 24.5 Å². The molecular weight excluding hydrogens is 236 g/mol. The minimum Gasteiger partial charge on any atom is -0.423 e. The molecule has 2 rings (SSSR count). The maximum atomic E-state index is 5.85. The van der Waals surface area contributed by atoms with E-state index in [2.05, 4.69) is 61.9 Å². The van der Waals surface area contributed by atoms with Crippen LogP contribution in [0.5, 0.6) is 0 Å². The van der Waals surface area contributed by atoms with E-state index >= 15 is 0 Å². The van der Waals surface area contributed by atoms with Crippen LogP contribution in [0, 0.1) is 11.3 Å². The largest absolute Gasteiger partial charge is 0.423 e. The molecule has 1 heterocycles. The quantitative estimate of drug-likeness (QED) is 0.811. The van der Waals surface area contributed by atoms with Gasteiger partial charge in [0.2, 0.25) is 0 Å². The Kier molecular flexibility index (Phi) is 3.83. The van der Waals surface area contributed by atoms with Crippen molar-refractivity contribution in [2.75, 3.05) is 18.5 Å². The molecular formula is C16H24N2O. The average molecular weight is 260 g/mol. The van der Waals surface area contributed by atoms with E-state index in [0.29, 0.717) is 11.9 Å². The first-order chi connectivity index (χ1) is 8.96. The zero-order chi connectivity index (χ0) is 14.0. The van der Waals surface area contributed by atoms with Crippen molar-refractivity contribution in [2.24, 2.45) is 11.3 Å². The third kappa shape index (κ3) is 2.75. The molecule has 0 N–H and O–H groups in total. The summed E-state index contributed by atoms with van der Waals surface area (Å²) in [5.41, 5.74) is 0.997. The van der Waals surface area contributed by atoms with Gasteiger partial charge in [-0.15, -0.1) is 0 Å². The molecule has 1 aliphatic carbocycles. The number of hydrogen-bond acceptors (Lipinski definition) is 3. The molecule has 0 saturated carbocycles. The number of anilines is 1. The minimum absolute atomic E-state index is 0.0682. The maximum absolute atomic E-state index is 5.85. The summed E-state index contributed by atoms with van der Waals surface area (Å²) in [6.45, 7) is 9.81. The summed E-state index contributed by atoms with van der Waals surface area (Å²) in [4.78, 5) is 6.63. The number of rotatable bonds is 4. The predicted molar refractivity (Wildman–Crippen MR) is 81.1 cm³/mol. The van der Waals surface area contributed by atoms with E-state index in [0.717, 1.165) is 24.4 Å². The minimum atomic E-state index is 0.0682. The Hall–Kier alpha value is -1.51. The third-order valence-electron chi connectivity index (χ3n) is 3.99. The lowest BCUT2D eigenvalue weighted by Gasteiger charge is -2.25. The van der Waals surface area contributed by atoms with Gasteiger partial charge in [0.25, 0.3) is 6.01 Å². The van der Waals surface area contributed by atoms with Crippen LogP contribution < -0.4 is 4.90 Å². The van der Waals surface area contributed by atoms with Gasteiger partial charge in [-0.2, -0.15) is 4.98 Å². The highest BCUT2D eigenvalue weighted by Crippen LogP contribution is 2.35. The maximum Gasteiger partial charge on any atom is 0.298 e. The molecule has 19 heavy (non-hydrogen) atoms. The number of hydrogen-bond donors (Lipinski definition) is 0. The monoisotopic (exact) mass is 260 g/mol. The highest BCUT2D eigenvalue weighted by Gasteiger charge is 2.25. The molecule has 1 unspecified atom stereocenters. The number of aromatic nitrogens is 1. The number of fused-ring (bicyclic) bond motifs is 1. The second-order valence-electron chi connectivity index (χ2n) is 5.85. The van der Waals surface area contributed by atoms with Gasteiger partial charge in [-0.1, -0.05) is 39.8 Å². The summed E-state index contributed by atoms with van der Waals surface area (Å²) in [5.74, 6) is 1.41. The second-order valence-corrected chi connectivity index (χ2v) is 5.85. The molecule has 1 atom stereocenters. The van der Waals surface area contributed by atoms with Crippen LogP contribution >= 0.6 is 0 Å². The van der Waals surface area contributed by atoms with Crippen molar-refractivity contribution in [3.63, 3.8) is 0 Å². The topological polar surface area (TPSA) is 29.3 Å². The Balaban J connectivity index is 2.28. The molecule has 0 spiro atoms. The molecule has 3 nitrogen and oxygen atoms in total. The molecule has 0 radical (unpaired) electrons. The van der Waals surface area contributed by atoms with Crippen LogP contribution in [0.15, 0.2) is 16.6 Å². The van der Waals surface area contributed by atoms with E-state index in [4.69, 9.17) is 4.42 Å². The lowest BCUT2D eigenvalue weighted by molar-refractivity contribution is 0.386. The van der Waals surface area contributed by atoms with Crippen molar-refractivity contribution >= 4 is 18.2 Å². The van der Waals surface area contributed by atoms with Crippen LogP contribution in [-0.4, -0.2) is 18.6 Å².